The molecule has 0 aliphatic carbocycles. The van der Waals surface area contributed by atoms with E-state index >= 15 is 0 Å². The van der Waals surface area contributed by atoms with Gasteiger partial charge >= 0.3 is 5.97 Å². The Morgan fingerprint density at radius 2 is 1.94 bits per heavy atom. The maximum Gasteiger partial charge on any atom is 0.308 e. The van der Waals surface area contributed by atoms with Crippen molar-refractivity contribution in [2.24, 2.45) is 5.92 Å². The molecule has 1 saturated heterocycles. The molecule has 1 heterocycles. The van der Waals surface area contributed by atoms with E-state index < -0.39 is 11.9 Å². The third kappa shape index (κ3) is 2.03. The van der Waals surface area contributed by atoms with Crippen LogP contribution >= 0.6 is 0 Å². The summed E-state index contributed by atoms with van der Waals surface area (Å²) in [5, 5.41) is 18.8. The van der Waals surface area contributed by atoms with Gasteiger partial charge in [-0.05, 0) is 37.1 Å². The number of hydrogen-bond donors (Lipinski definition) is 2. The number of hydrogen-bond acceptors (Lipinski definition) is 3. The number of aromatic hydroxyl groups is 1. The fourth-order valence-corrected chi connectivity index (χ4v) is 2.11. The van der Waals surface area contributed by atoms with Gasteiger partial charge in [-0.3, -0.25) is 9.59 Å². The highest BCUT2D eigenvalue weighted by atomic mass is 16.4. The van der Waals surface area contributed by atoms with Crippen LogP contribution in [0.5, 0.6) is 5.75 Å². The molecule has 0 bridgehead atoms. The summed E-state index contributed by atoms with van der Waals surface area (Å²) in [6.07, 6.45) is -0.0122. The fraction of sp³-hybridized carbons (Fsp3) is 0.385. The number of nitrogens with zero attached hydrogens (tertiary/aromatic N) is 1. The first-order valence-electron chi connectivity index (χ1n) is 5.73. The molecule has 0 aromatic heterocycles. The van der Waals surface area contributed by atoms with Gasteiger partial charge in [-0.15, -0.1) is 0 Å². The van der Waals surface area contributed by atoms with Crippen molar-refractivity contribution in [2.45, 2.75) is 20.3 Å². The van der Waals surface area contributed by atoms with Gasteiger partial charge in [0.2, 0.25) is 5.91 Å². The van der Waals surface area contributed by atoms with E-state index in [1.165, 1.54) is 4.90 Å². The number of rotatable bonds is 2. The SMILES string of the molecule is Cc1cc(O)c(N2C[C@H](C(=O)O)CC2=O)cc1C. The Morgan fingerprint density at radius 1 is 1.33 bits per heavy atom. The number of phenols is 1. The topological polar surface area (TPSA) is 77.8 Å². The second-order valence-electron chi connectivity index (χ2n) is 4.67. The molecule has 1 fully saturated rings. The van der Waals surface area contributed by atoms with Crippen LogP contribution in [0.1, 0.15) is 17.5 Å². The van der Waals surface area contributed by atoms with E-state index in [9.17, 15) is 14.7 Å². The summed E-state index contributed by atoms with van der Waals surface area (Å²) >= 11 is 0. The molecule has 1 aliphatic rings. The normalized spacial score (nSPS) is 19.3. The average Bonchev–Trinajstić information content (AvgIpc) is 2.66. The smallest absolute Gasteiger partial charge is 0.308 e. The molecule has 5 heteroatoms. The molecule has 0 radical (unpaired) electrons. The predicted octanol–water partition coefficient (Wildman–Crippen LogP) is 1.45. The van der Waals surface area contributed by atoms with Crippen LogP contribution in [0.15, 0.2) is 12.1 Å². The molecule has 18 heavy (non-hydrogen) atoms. The molecule has 1 aromatic carbocycles. The van der Waals surface area contributed by atoms with E-state index in [4.69, 9.17) is 5.11 Å². The lowest BCUT2D eigenvalue weighted by Gasteiger charge is -2.19. The lowest BCUT2D eigenvalue weighted by Crippen LogP contribution is -2.26. The van der Waals surface area contributed by atoms with Gasteiger partial charge < -0.3 is 15.1 Å². The molecule has 0 unspecified atom stereocenters. The number of phenolic OH excluding ortho intramolecular Hbond substituents is 1. The molecule has 0 spiro atoms. The number of aryl methyl sites for hydroxylation is 2. The van der Waals surface area contributed by atoms with E-state index in [-0.39, 0.29) is 24.6 Å². The summed E-state index contributed by atoms with van der Waals surface area (Å²) in [4.78, 5) is 24.0. The Kier molecular flexibility index (Phi) is 2.98. The predicted molar refractivity (Wildman–Crippen MR) is 65.7 cm³/mol. The molecule has 96 valence electrons. The Morgan fingerprint density at radius 3 is 2.50 bits per heavy atom. The van der Waals surface area contributed by atoms with Crippen LogP contribution in [0.2, 0.25) is 0 Å². The summed E-state index contributed by atoms with van der Waals surface area (Å²) in [6.45, 7) is 3.86. The van der Waals surface area contributed by atoms with Crippen LogP contribution in [0.4, 0.5) is 5.69 Å². The van der Waals surface area contributed by atoms with Gasteiger partial charge in [0.1, 0.15) is 5.75 Å². The second kappa shape index (κ2) is 4.33. The standard InChI is InChI=1S/C13H15NO4/c1-7-3-10(11(15)4-8(7)2)14-6-9(13(17)18)5-12(14)16/h3-4,9,15H,5-6H2,1-2H3,(H,17,18)/t9-/m1/s1. The van der Waals surface area contributed by atoms with Gasteiger partial charge in [0.05, 0.1) is 11.6 Å². The number of carboxylic acid groups (broad SMARTS) is 1. The monoisotopic (exact) mass is 249 g/mol. The minimum absolute atomic E-state index is 0.0116. The minimum Gasteiger partial charge on any atom is -0.506 e. The second-order valence-corrected chi connectivity index (χ2v) is 4.67. The van der Waals surface area contributed by atoms with Crippen molar-refractivity contribution in [1.29, 1.82) is 0 Å². The summed E-state index contributed by atoms with van der Waals surface area (Å²) in [6, 6.07) is 3.30. The first-order valence-corrected chi connectivity index (χ1v) is 5.73. The quantitative estimate of drug-likeness (QED) is 0.831. The number of aliphatic carboxylic acids is 1. The van der Waals surface area contributed by atoms with E-state index in [1.807, 2.05) is 13.8 Å². The number of carbonyl (C=O) groups is 2. The zero-order valence-corrected chi connectivity index (χ0v) is 10.3. The zero-order valence-electron chi connectivity index (χ0n) is 10.3. The number of carbonyl (C=O) groups excluding carboxylic acids is 1. The van der Waals surface area contributed by atoms with E-state index in [1.54, 1.807) is 12.1 Å². The van der Waals surface area contributed by atoms with Crippen molar-refractivity contribution in [2.75, 3.05) is 11.4 Å². The lowest BCUT2D eigenvalue weighted by atomic mass is 10.1. The Labute approximate surface area is 105 Å². The minimum atomic E-state index is -0.978. The molecular formula is C13H15NO4. The van der Waals surface area contributed by atoms with Crippen molar-refractivity contribution in [3.63, 3.8) is 0 Å². The number of benzene rings is 1. The van der Waals surface area contributed by atoms with Gasteiger partial charge in [-0.2, -0.15) is 0 Å². The molecule has 1 amide bonds. The Bertz CT molecular complexity index is 524. The Balaban J connectivity index is 2.35. The maximum absolute atomic E-state index is 11.8. The first-order chi connectivity index (χ1) is 8.40. The average molecular weight is 249 g/mol. The fourth-order valence-electron chi connectivity index (χ4n) is 2.11. The lowest BCUT2D eigenvalue weighted by molar-refractivity contribution is -0.141. The van der Waals surface area contributed by atoms with Crippen LogP contribution in [0.25, 0.3) is 0 Å². The summed E-state index contributed by atoms with van der Waals surface area (Å²) < 4.78 is 0. The third-order valence-electron chi connectivity index (χ3n) is 3.36. The third-order valence-corrected chi connectivity index (χ3v) is 3.36. The van der Waals surface area contributed by atoms with E-state index in [2.05, 4.69) is 0 Å². The van der Waals surface area contributed by atoms with Crippen molar-refractivity contribution >= 4 is 17.6 Å². The zero-order chi connectivity index (χ0) is 13.4. The van der Waals surface area contributed by atoms with Crippen molar-refractivity contribution in [3.8, 4) is 5.75 Å². The van der Waals surface area contributed by atoms with Crippen molar-refractivity contribution in [3.05, 3.63) is 23.3 Å². The van der Waals surface area contributed by atoms with Crippen LogP contribution in [0, 0.1) is 19.8 Å². The van der Waals surface area contributed by atoms with Gasteiger partial charge in [0.25, 0.3) is 0 Å². The van der Waals surface area contributed by atoms with Gasteiger partial charge in [-0.1, -0.05) is 0 Å². The van der Waals surface area contributed by atoms with Gasteiger partial charge in [0.15, 0.2) is 0 Å². The molecule has 1 aromatic rings. The highest BCUT2D eigenvalue weighted by molar-refractivity contribution is 6.00. The molecule has 1 aliphatic heterocycles. The highest BCUT2D eigenvalue weighted by Crippen LogP contribution is 2.34. The molecule has 0 saturated carbocycles. The highest BCUT2D eigenvalue weighted by Gasteiger charge is 2.36. The van der Waals surface area contributed by atoms with Crippen LogP contribution in [0.3, 0.4) is 0 Å². The van der Waals surface area contributed by atoms with Crippen molar-refractivity contribution < 1.29 is 19.8 Å². The molecular weight excluding hydrogens is 234 g/mol. The Hall–Kier alpha value is -2.04. The summed E-state index contributed by atoms with van der Waals surface area (Å²) in [5.41, 5.74) is 2.28. The van der Waals surface area contributed by atoms with E-state index in [0.717, 1.165) is 11.1 Å². The van der Waals surface area contributed by atoms with E-state index in [0.29, 0.717) is 5.69 Å². The molecule has 5 nitrogen and oxygen atoms in total. The molecule has 2 rings (SSSR count). The summed E-state index contributed by atoms with van der Waals surface area (Å²) in [7, 11) is 0. The van der Waals surface area contributed by atoms with Crippen LogP contribution < -0.4 is 4.90 Å². The van der Waals surface area contributed by atoms with Crippen molar-refractivity contribution in [1.82, 2.24) is 0 Å². The number of amides is 1. The van der Waals surface area contributed by atoms with Gasteiger partial charge in [0, 0.05) is 13.0 Å². The number of carboxylic acids is 1. The summed E-state index contributed by atoms with van der Waals surface area (Å²) in [5.74, 6) is -1.92. The van der Waals surface area contributed by atoms with Gasteiger partial charge in [-0.25, -0.2) is 0 Å². The molecule has 2 N–H and O–H groups in total. The van der Waals surface area contributed by atoms with Crippen LogP contribution in [-0.4, -0.2) is 28.6 Å². The first kappa shape index (κ1) is 12.4. The largest absolute Gasteiger partial charge is 0.506 e. The molecule has 1 atom stereocenters. The number of anilines is 1. The van der Waals surface area contributed by atoms with Crippen LogP contribution in [-0.2, 0) is 9.59 Å². The maximum atomic E-state index is 11.8.